The van der Waals surface area contributed by atoms with E-state index >= 15 is 0 Å². The fraction of sp³-hybridized carbons (Fsp3) is 0.806. The highest BCUT2D eigenvalue weighted by Crippen LogP contribution is 2.55. The lowest BCUT2D eigenvalue weighted by Gasteiger charge is -2.48. The maximum Gasteiger partial charge on any atom is 0.125 e. The Labute approximate surface area is 199 Å². The first-order valence-corrected chi connectivity index (χ1v) is 13.9. The van der Waals surface area contributed by atoms with Crippen molar-refractivity contribution in [2.75, 3.05) is 0 Å². The molecule has 0 aliphatic heterocycles. The van der Waals surface area contributed by atoms with Gasteiger partial charge in [0.2, 0.25) is 0 Å². The van der Waals surface area contributed by atoms with E-state index in [4.69, 9.17) is 4.74 Å². The van der Waals surface area contributed by atoms with Crippen LogP contribution in [0, 0.1) is 74.0 Å². The molecule has 180 valence electrons. The van der Waals surface area contributed by atoms with Gasteiger partial charge in [0, 0.05) is 0 Å². The minimum absolute atomic E-state index is 0.406. The summed E-state index contributed by atoms with van der Waals surface area (Å²) in [5.74, 6) is 9.18. The van der Waals surface area contributed by atoms with Crippen molar-refractivity contribution in [2.24, 2.45) is 53.3 Å². The van der Waals surface area contributed by atoms with Crippen molar-refractivity contribution in [3.8, 4) is 5.75 Å². The lowest BCUT2D eigenvalue weighted by molar-refractivity contribution is -0.00590. The predicted molar refractivity (Wildman–Crippen MR) is 137 cm³/mol. The Bertz CT molecular complexity index is 738. The van der Waals surface area contributed by atoms with Crippen LogP contribution in [0.4, 0.5) is 0 Å². The number of aryl methyl sites for hydroxylation is 3. The van der Waals surface area contributed by atoms with Crippen molar-refractivity contribution in [2.45, 2.75) is 106 Å². The minimum Gasteiger partial charge on any atom is -0.490 e. The van der Waals surface area contributed by atoms with Crippen molar-refractivity contribution in [1.29, 1.82) is 0 Å². The van der Waals surface area contributed by atoms with E-state index in [1.807, 2.05) is 0 Å². The van der Waals surface area contributed by atoms with Gasteiger partial charge in [-0.15, -0.1) is 0 Å². The molecule has 3 saturated carbocycles. The van der Waals surface area contributed by atoms with Gasteiger partial charge >= 0.3 is 0 Å². The number of rotatable bonds is 5. The second-order valence-electron chi connectivity index (χ2n) is 13.1. The van der Waals surface area contributed by atoms with Crippen molar-refractivity contribution in [1.82, 2.24) is 0 Å². The van der Waals surface area contributed by atoms with Gasteiger partial charge in [-0.2, -0.15) is 0 Å². The average molecular weight is 439 g/mol. The van der Waals surface area contributed by atoms with Crippen LogP contribution in [0.2, 0.25) is 0 Å². The van der Waals surface area contributed by atoms with E-state index in [2.05, 4.69) is 67.5 Å². The minimum atomic E-state index is 0.406. The Morgan fingerprint density at radius 3 is 1.78 bits per heavy atom. The van der Waals surface area contributed by atoms with E-state index in [0.717, 1.165) is 53.3 Å². The molecule has 0 aromatic heterocycles. The van der Waals surface area contributed by atoms with Crippen molar-refractivity contribution in [3.05, 3.63) is 28.8 Å². The summed E-state index contributed by atoms with van der Waals surface area (Å²) < 4.78 is 6.88. The summed E-state index contributed by atoms with van der Waals surface area (Å²) in [6.07, 6.45) is 10.3. The number of hydrogen-bond acceptors (Lipinski definition) is 1. The molecule has 0 radical (unpaired) electrons. The first kappa shape index (κ1) is 24.2. The lowest BCUT2D eigenvalue weighted by Crippen LogP contribution is -2.42. The summed E-state index contributed by atoms with van der Waals surface area (Å²) in [5.41, 5.74) is 3.98. The second kappa shape index (κ2) is 9.71. The van der Waals surface area contributed by atoms with Crippen LogP contribution in [0.3, 0.4) is 0 Å². The van der Waals surface area contributed by atoms with Crippen LogP contribution >= 0.6 is 0 Å². The fourth-order valence-electron chi connectivity index (χ4n) is 8.20. The molecule has 3 aliphatic rings. The van der Waals surface area contributed by atoms with E-state index in [1.54, 1.807) is 0 Å². The molecule has 1 heteroatoms. The van der Waals surface area contributed by atoms with Crippen LogP contribution in [0.5, 0.6) is 5.75 Å². The van der Waals surface area contributed by atoms with Crippen LogP contribution in [0.15, 0.2) is 12.1 Å². The standard InChI is InChI=1S/C31H50O/c1-18(2)24-13-25(19(3)4)15-27(14-24)30-17-28(16-26-11-21(6)12-29(26)30)32-31-22(7)9-20(5)10-23(31)8/h9-10,18-19,21,24-30H,11-17H2,1-8H3. The normalized spacial score (nSPS) is 37.7. The molecule has 1 aromatic carbocycles. The van der Waals surface area contributed by atoms with Gasteiger partial charge in [0.15, 0.2) is 0 Å². The summed E-state index contributed by atoms with van der Waals surface area (Å²) in [6.45, 7) is 19.1. The van der Waals surface area contributed by atoms with E-state index in [0.29, 0.717) is 6.10 Å². The highest BCUT2D eigenvalue weighted by Gasteiger charge is 2.48. The molecule has 32 heavy (non-hydrogen) atoms. The lowest BCUT2D eigenvalue weighted by atomic mass is 9.59. The highest BCUT2D eigenvalue weighted by molar-refractivity contribution is 5.43. The number of ether oxygens (including phenoxy) is 1. The van der Waals surface area contributed by atoms with E-state index in [1.165, 1.54) is 67.4 Å². The summed E-state index contributed by atoms with van der Waals surface area (Å²) in [7, 11) is 0. The molecule has 7 atom stereocenters. The monoisotopic (exact) mass is 438 g/mol. The molecule has 0 N–H and O–H groups in total. The summed E-state index contributed by atoms with van der Waals surface area (Å²) in [6, 6.07) is 4.59. The molecular formula is C31H50O. The van der Waals surface area contributed by atoms with Gasteiger partial charge in [-0.25, -0.2) is 0 Å². The Hall–Kier alpha value is -0.980. The second-order valence-corrected chi connectivity index (χ2v) is 13.1. The third-order valence-corrected chi connectivity index (χ3v) is 9.83. The van der Waals surface area contributed by atoms with E-state index in [-0.39, 0.29) is 0 Å². The quantitative estimate of drug-likeness (QED) is 0.446. The van der Waals surface area contributed by atoms with Crippen LogP contribution in [0.25, 0.3) is 0 Å². The third-order valence-electron chi connectivity index (χ3n) is 9.83. The topological polar surface area (TPSA) is 9.23 Å². The Morgan fingerprint density at radius 1 is 0.688 bits per heavy atom. The maximum atomic E-state index is 6.88. The molecular weight excluding hydrogens is 388 g/mol. The molecule has 3 aliphatic carbocycles. The smallest absolute Gasteiger partial charge is 0.125 e. The Balaban J connectivity index is 1.57. The van der Waals surface area contributed by atoms with Crippen LogP contribution in [0.1, 0.15) is 96.3 Å². The van der Waals surface area contributed by atoms with Crippen LogP contribution in [-0.2, 0) is 0 Å². The number of hydrogen-bond donors (Lipinski definition) is 0. The molecule has 3 fully saturated rings. The van der Waals surface area contributed by atoms with Crippen molar-refractivity contribution >= 4 is 0 Å². The third kappa shape index (κ3) is 5.07. The van der Waals surface area contributed by atoms with Gasteiger partial charge in [0.25, 0.3) is 0 Å². The number of benzene rings is 1. The molecule has 1 aromatic rings. The molecule has 0 heterocycles. The zero-order chi connectivity index (χ0) is 23.2. The van der Waals surface area contributed by atoms with Gasteiger partial charge in [0.1, 0.15) is 5.75 Å². The van der Waals surface area contributed by atoms with E-state index in [9.17, 15) is 0 Å². The molecule has 0 saturated heterocycles. The molecule has 0 amide bonds. The average Bonchev–Trinajstić information content (AvgIpc) is 3.09. The highest BCUT2D eigenvalue weighted by atomic mass is 16.5. The zero-order valence-electron chi connectivity index (χ0n) is 22.3. The first-order valence-electron chi connectivity index (χ1n) is 13.9. The van der Waals surface area contributed by atoms with Crippen molar-refractivity contribution < 1.29 is 4.74 Å². The summed E-state index contributed by atoms with van der Waals surface area (Å²) >= 11 is 0. The molecule has 0 spiro atoms. The van der Waals surface area contributed by atoms with Crippen molar-refractivity contribution in [3.63, 3.8) is 0 Å². The maximum absolute atomic E-state index is 6.88. The molecule has 1 nitrogen and oxygen atoms in total. The van der Waals surface area contributed by atoms with Gasteiger partial charge in [-0.1, -0.05) is 52.3 Å². The first-order chi connectivity index (χ1) is 15.1. The SMILES string of the molecule is Cc1cc(C)c(OC2CC3CC(C)CC3C(C3CC(C(C)C)CC(C(C)C)C3)C2)c(C)c1. The fourth-order valence-corrected chi connectivity index (χ4v) is 8.20. The zero-order valence-corrected chi connectivity index (χ0v) is 22.3. The number of fused-ring (bicyclic) bond motifs is 1. The molecule has 0 bridgehead atoms. The Kier molecular flexibility index (Phi) is 7.33. The van der Waals surface area contributed by atoms with Gasteiger partial charge in [-0.3, -0.25) is 0 Å². The largest absolute Gasteiger partial charge is 0.490 e. The van der Waals surface area contributed by atoms with Gasteiger partial charge < -0.3 is 4.74 Å². The molecule has 7 unspecified atom stereocenters. The van der Waals surface area contributed by atoms with Gasteiger partial charge in [-0.05, 0) is 130 Å². The summed E-state index contributed by atoms with van der Waals surface area (Å²) in [5, 5.41) is 0. The van der Waals surface area contributed by atoms with E-state index < -0.39 is 0 Å². The Morgan fingerprint density at radius 2 is 1.22 bits per heavy atom. The molecule has 4 rings (SSSR count). The summed E-state index contributed by atoms with van der Waals surface area (Å²) in [4.78, 5) is 0. The van der Waals surface area contributed by atoms with Crippen LogP contribution in [-0.4, -0.2) is 6.10 Å². The van der Waals surface area contributed by atoms with Crippen LogP contribution < -0.4 is 4.74 Å². The van der Waals surface area contributed by atoms with Gasteiger partial charge in [0.05, 0.1) is 6.10 Å². The predicted octanol–water partition coefficient (Wildman–Crippen LogP) is 8.78.